The summed E-state index contributed by atoms with van der Waals surface area (Å²) >= 11 is 0. The van der Waals surface area contributed by atoms with E-state index >= 15 is 0 Å². The molecule has 0 aromatic heterocycles. The van der Waals surface area contributed by atoms with E-state index in [1.165, 1.54) is 31.2 Å². The van der Waals surface area contributed by atoms with Gasteiger partial charge in [0, 0.05) is 6.04 Å². The standard InChI is InChI=1S/C16H25N/c1-3-16(15-9-10-15)17-12-11-13(2)14-7-5-4-6-8-14/h4-8,13,15-17H,3,9-12H2,1-2H3. The van der Waals surface area contributed by atoms with Crippen molar-refractivity contribution in [3.05, 3.63) is 35.9 Å². The Hall–Kier alpha value is -0.820. The second-order valence-electron chi connectivity index (χ2n) is 5.41. The van der Waals surface area contributed by atoms with Gasteiger partial charge in [0.1, 0.15) is 0 Å². The molecular formula is C16H25N. The molecule has 1 saturated carbocycles. The summed E-state index contributed by atoms with van der Waals surface area (Å²) in [6.45, 7) is 5.79. The van der Waals surface area contributed by atoms with Crippen molar-refractivity contribution < 1.29 is 0 Å². The van der Waals surface area contributed by atoms with Gasteiger partial charge in [-0.1, -0.05) is 44.2 Å². The van der Waals surface area contributed by atoms with Crippen molar-refractivity contribution in [2.75, 3.05) is 6.54 Å². The minimum absolute atomic E-state index is 0.667. The van der Waals surface area contributed by atoms with E-state index < -0.39 is 0 Å². The summed E-state index contributed by atoms with van der Waals surface area (Å²) in [6, 6.07) is 11.6. The first-order valence-corrected chi connectivity index (χ1v) is 7.09. The quantitative estimate of drug-likeness (QED) is 0.749. The molecule has 1 heteroatoms. The van der Waals surface area contributed by atoms with Crippen LogP contribution in [0.5, 0.6) is 0 Å². The molecule has 1 fully saturated rings. The van der Waals surface area contributed by atoms with E-state index in [9.17, 15) is 0 Å². The third-order valence-corrected chi connectivity index (χ3v) is 3.98. The Morgan fingerprint density at radius 3 is 2.53 bits per heavy atom. The van der Waals surface area contributed by atoms with Gasteiger partial charge in [0.25, 0.3) is 0 Å². The highest BCUT2D eigenvalue weighted by atomic mass is 14.9. The number of rotatable bonds is 7. The van der Waals surface area contributed by atoms with E-state index in [2.05, 4.69) is 49.5 Å². The lowest BCUT2D eigenvalue weighted by atomic mass is 9.97. The van der Waals surface area contributed by atoms with Crippen LogP contribution in [-0.2, 0) is 0 Å². The highest BCUT2D eigenvalue weighted by molar-refractivity contribution is 5.18. The molecule has 1 aliphatic carbocycles. The minimum atomic E-state index is 0.667. The molecule has 2 unspecified atom stereocenters. The molecule has 0 heterocycles. The van der Waals surface area contributed by atoms with Gasteiger partial charge in [-0.15, -0.1) is 0 Å². The van der Waals surface area contributed by atoms with Crippen LogP contribution in [0, 0.1) is 5.92 Å². The van der Waals surface area contributed by atoms with Gasteiger partial charge < -0.3 is 5.32 Å². The highest BCUT2D eigenvalue weighted by Gasteiger charge is 2.29. The molecule has 1 nitrogen and oxygen atoms in total. The van der Waals surface area contributed by atoms with Crippen molar-refractivity contribution in [3.8, 4) is 0 Å². The Balaban J connectivity index is 1.71. The zero-order valence-electron chi connectivity index (χ0n) is 11.2. The lowest BCUT2D eigenvalue weighted by Gasteiger charge is -2.18. The van der Waals surface area contributed by atoms with Crippen molar-refractivity contribution in [1.29, 1.82) is 0 Å². The first-order valence-electron chi connectivity index (χ1n) is 7.09. The molecular weight excluding hydrogens is 206 g/mol. The number of hydrogen-bond acceptors (Lipinski definition) is 1. The van der Waals surface area contributed by atoms with Crippen molar-refractivity contribution in [1.82, 2.24) is 5.32 Å². The summed E-state index contributed by atoms with van der Waals surface area (Å²) in [5.41, 5.74) is 1.47. The van der Waals surface area contributed by atoms with Crippen LogP contribution in [0.1, 0.15) is 51.0 Å². The average Bonchev–Trinajstić information content (AvgIpc) is 3.20. The molecule has 0 bridgehead atoms. The fourth-order valence-corrected chi connectivity index (χ4v) is 2.58. The molecule has 0 spiro atoms. The first-order chi connectivity index (χ1) is 8.31. The van der Waals surface area contributed by atoms with Gasteiger partial charge in [-0.3, -0.25) is 0 Å². The topological polar surface area (TPSA) is 12.0 Å². The zero-order chi connectivity index (χ0) is 12.1. The van der Waals surface area contributed by atoms with E-state index in [0.717, 1.165) is 18.5 Å². The molecule has 1 aromatic carbocycles. The maximum absolute atomic E-state index is 3.73. The van der Waals surface area contributed by atoms with E-state index in [1.54, 1.807) is 0 Å². The van der Waals surface area contributed by atoms with Crippen molar-refractivity contribution in [2.45, 2.75) is 51.5 Å². The largest absolute Gasteiger partial charge is 0.314 e. The van der Waals surface area contributed by atoms with Crippen LogP contribution in [0.15, 0.2) is 30.3 Å². The van der Waals surface area contributed by atoms with Crippen LogP contribution in [0.3, 0.4) is 0 Å². The molecule has 1 aliphatic rings. The molecule has 1 N–H and O–H groups in total. The molecule has 2 rings (SSSR count). The van der Waals surface area contributed by atoms with Gasteiger partial charge in [-0.2, -0.15) is 0 Å². The monoisotopic (exact) mass is 231 g/mol. The van der Waals surface area contributed by atoms with Gasteiger partial charge in [-0.25, -0.2) is 0 Å². The van der Waals surface area contributed by atoms with Crippen LogP contribution >= 0.6 is 0 Å². The van der Waals surface area contributed by atoms with Crippen LogP contribution in [0.25, 0.3) is 0 Å². The summed E-state index contributed by atoms with van der Waals surface area (Å²) in [6.07, 6.45) is 5.41. The predicted molar refractivity (Wildman–Crippen MR) is 74.3 cm³/mol. The molecule has 1 aromatic rings. The Bertz CT molecular complexity index is 316. The van der Waals surface area contributed by atoms with Gasteiger partial charge in [0.05, 0.1) is 0 Å². The fourth-order valence-electron chi connectivity index (χ4n) is 2.58. The lowest BCUT2D eigenvalue weighted by Crippen LogP contribution is -2.31. The predicted octanol–water partition coefficient (Wildman–Crippen LogP) is 3.96. The second kappa shape index (κ2) is 6.20. The molecule has 94 valence electrons. The molecule has 2 atom stereocenters. The van der Waals surface area contributed by atoms with Gasteiger partial charge in [0.15, 0.2) is 0 Å². The van der Waals surface area contributed by atoms with Gasteiger partial charge >= 0.3 is 0 Å². The zero-order valence-corrected chi connectivity index (χ0v) is 11.2. The van der Waals surface area contributed by atoms with Gasteiger partial charge in [-0.05, 0) is 49.6 Å². The summed E-state index contributed by atoms with van der Waals surface area (Å²) in [4.78, 5) is 0. The van der Waals surface area contributed by atoms with E-state index in [0.29, 0.717) is 5.92 Å². The normalized spacial score (nSPS) is 18.9. The Kier molecular flexibility index (Phi) is 4.61. The van der Waals surface area contributed by atoms with E-state index in [-0.39, 0.29) is 0 Å². The minimum Gasteiger partial charge on any atom is -0.314 e. The number of nitrogens with one attached hydrogen (secondary N) is 1. The second-order valence-corrected chi connectivity index (χ2v) is 5.41. The number of benzene rings is 1. The Morgan fingerprint density at radius 1 is 1.24 bits per heavy atom. The molecule has 0 saturated heterocycles. The molecule has 0 amide bonds. The van der Waals surface area contributed by atoms with Gasteiger partial charge in [0.2, 0.25) is 0 Å². The maximum Gasteiger partial charge on any atom is 0.00927 e. The molecule has 17 heavy (non-hydrogen) atoms. The summed E-state index contributed by atoms with van der Waals surface area (Å²) < 4.78 is 0. The maximum atomic E-state index is 3.73. The van der Waals surface area contributed by atoms with Crippen LogP contribution in [0.2, 0.25) is 0 Å². The average molecular weight is 231 g/mol. The van der Waals surface area contributed by atoms with Crippen LogP contribution in [0.4, 0.5) is 0 Å². The first kappa shape index (κ1) is 12.6. The summed E-state index contributed by atoms with van der Waals surface area (Å²) in [7, 11) is 0. The van der Waals surface area contributed by atoms with Crippen molar-refractivity contribution >= 4 is 0 Å². The molecule has 0 aliphatic heterocycles. The van der Waals surface area contributed by atoms with E-state index in [1.807, 2.05) is 0 Å². The van der Waals surface area contributed by atoms with Crippen LogP contribution in [-0.4, -0.2) is 12.6 Å². The lowest BCUT2D eigenvalue weighted by molar-refractivity contribution is 0.437. The van der Waals surface area contributed by atoms with Crippen molar-refractivity contribution in [3.63, 3.8) is 0 Å². The Morgan fingerprint density at radius 2 is 1.94 bits per heavy atom. The SMILES string of the molecule is CCC(NCCC(C)c1ccccc1)C1CC1. The summed E-state index contributed by atoms with van der Waals surface area (Å²) in [5, 5.41) is 3.73. The highest BCUT2D eigenvalue weighted by Crippen LogP contribution is 2.33. The smallest absolute Gasteiger partial charge is 0.00927 e. The summed E-state index contributed by atoms with van der Waals surface area (Å²) in [5.74, 6) is 1.65. The van der Waals surface area contributed by atoms with Crippen LogP contribution < -0.4 is 5.32 Å². The fraction of sp³-hybridized carbons (Fsp3) is 0.625. The van der Waals surface area contributed by atoms with Crippen molar-refractivity contribution in [2.24, 2.45) is 5.92 Å². The third-order valence-electron chi connectivity index (χ3n) is 3.98. The third kappa shape index (κ3) is 3.85. The Labute approximate surface area is 106 Å². The molecule has 0 radical (unpaired) electrons. The number of hydrogen-bond donors (Lipinski definition) is 1. The van der Waals surface area contributed by atoms with E-state index in [4.69, 9.17) is 0 Å².